The van der Waals surface area contributed by atoms with Gasteiger partial charge in [-0.15, -0.1) is 0 Å². The topological polar surface area (TPSA) is 40.2 Å². The molecular weight excluding hydrogens is 308 g/mol. The van der Waals surface area contributed by atoms with Crippen molar-refractivity contribution >= 4 is 11.4 Å². The molecule has 2 aromatic rings. The van der Waals surface area contributed by atoms with Crippen LogP contribution in [0.1, 0.15) is 37.9 Å². The second-order valence-corrected chi connectivity index (χ2v) is 7.29. The molecule has 1 aliphatic rings. The van der Waals surface area contributed by atoms with Gasteiger partial charge in [0.25, 0.3) is 0 Å². The second kappa shape index (κ2) is 8.45. The van der Waals surface area contributed by atoms with Gasteiger partial charge in [-0.2, -0.15) is 0 Å². The molecular formula is C21H30N4. The van der Waals surface area contributed by atoms with Gasteiger partial charge in [0, 0.05) is 41.9 Å². The molecule has 1 fully saturated rings. The van der Waals surface area contributed by atoms with Gasteiger partial charge >= 0.3 is 0 Å². The zero-order chi connectivity index (χ0) is 17.6. The van der Waals surface area contributed by atoms with E-state index in [-0.39, 0.29) is 0 Å². The van der Waals surface area contributed by atoms with Crippen molar-refractivity contribution in [3.63, 3.8) is 0 Å². The monoisotopic (exact) mass is 338 g/mol. The summed E-state index contributed by atoms with van der Waals surface area (Å²) in [5, 5.41) is 7.15. The molecule has 0 unspecified atom stereocenters. The maximum Gasteiger partial charge on any atom is 0.0417 e. The van der Waals surface area contributed by atoms with E-state index in [1.165, 1.54) is 31.5 Å². The van der Waals surface area contributed by atoms with E-state index in [1.54, 1.807) is 0 Å². The Morgan fingerprint density at radius 2 is 1.80 bits per heavy atom. The van der Waals surface area contributed by atoms with Gasteiger partial charge in [0.1, 0.15) is 0 Å². The van der Waals surface area contributed by atoms with Gasteiger partial charge in [-0.1, -0.05) is 12.1 Å². The molecule has 0 spiro atoms. The number of piperidine rings is 1. The number of nitrogens with one attached hydrogen (secondary N) is 2. The summed E-state index contributed by atoms with van der Waals surface area (Å²) in [5.74, 6) is 0. The van der Waals surface area contributed by atoms with Crippen LogP contribution in [0.5, 0.6) is 0 Å². The molecule has 0 aliphatic carbocycles. The first kappa shape index (κ1) is 17.9. The maximum absolute atomic E-state index is 4.23. The maximum atomic E-state index is 4.23. The first-order valence-electron chi connectivity index (χ1n) is 9.36. The standard InChI is InChI=1S/C21H30N4/c1-16(2)25-12-9-19(10-13-25)23-15-18-4-6-20(7-5-18)24-21-8-11-22-17(3)14-21/h4-8,11,14,16,19,23H,9-10,12-13,15H2,1-3H3,(H,22,24). The van der Waals surface area contributed by atoms with E-state index in [1.807, 2.05) is 19.2 Å². The highest BCUT2D eigenvalue weighted by Gasteiger charge is 2.20. The van der Waals surface area contributed by atoms with Gasteiger partial charge in [0.05, 0.1) is 0 Å². The predicted molar refractivity (Wildman–Crippen MR) is 105 cm³/mol. The second-order valence-electron chi connectivity index (χ2n) is 7.29. The number of aromatic nitrogens is 1. The third-order valence-electron chi connectivity index (χ3n) is 4.99. The van der Waals surface area contributed by atoms with Crippen LogP contribution < -0.4 is 10.6 Å². The lowest BCUT2D eigenvalue weighted by atomic mass is 10.0. The molecule has 4 heteroatoms. The van der Waals surface area contributed by atoms with E-state index in [4.69, 9.17) is 0 Å². The van der Waals surface area contributed by atoms with Crippen molar-refractivity contribution in [2.24, 2.45) is 0 Å². The first-order chi connectivity index (χ1) is 12.1. The highest BCUT2D eigenvalue weighted by Crippen LogP contribution is 2.18. The van der Waals surface area contributed by atoms with Gasteiger partial charge in [0.2, 0.25) is 0 Å². The molecule has 0 atom stereocenters. The zero-order valence-electron chi connectivity index (χ0n) is 15.6. The minimum atomic E-state index is 0.646. The number of likely N-dealkylation sites (tertiary alicyclic amines) is 1. The van der Waals surface area contributed by atoms with Gasteiger partial charge in [-0.05, 0) is 76.5 Å². The molecule has 3 rings (SSSR count). The lowest BCUT2D eigenvalue weighted by molar-refractivity contribution is 0.161. The average Bonchev–Trinajstić information content (AvgIpc) is 2.61. The molecule has 25 heavy (non-hydrogen) atoms. The smallest absolute Gasteiger partial charge is 0.0417 e. The average molecular weight is 338 g/mol. The number of anilines is 2. The fourth-order valence-corrected chi connectivity index (χ4v) is 3.38. The zero-order valence-corrected chi connectivity index (χ0v) is 15.6. The molecule has 0 bridgehead atoms. The van der Waals surface area contributed by atoms with E-state index in [0.29, 0.717) is 12.1 Å². The van der Waals surface area contributed by atoms with Gasteiger partial charge in [-0.25, -0.2) is 0 Å². The van der Waals surface area contributed by atoms with E-state index in [9.17, 15) is 0 Å². The third-order valence-corrected chi connectivity index (χ3v) is 4.99. The number of aryl methyl sites for hydroxylation is 1. The fourth-order valence-electron chi connectivity index (χ4n) is 3.38. The molecule has 2 heterocycles. The van der Waals surface area contributed by atoms with Gasteiger partial charge < -0.3 is 15.5 Å². The van der Waals surface area contributed by atoms with Crippen LogP contribution in [0.15, 0.2) is 42.6 Å². The lowest BCUT2D eigenvalue weighted by Gasteiger charge is -2.35. The van der Waals surface area contributed by atoms with Crippen molar-refractivity contribution in [1.82, 2.24) is 15.2 Å². The Balaban J connectivity index is 1.47. The van der Waals surface area contributed by atoms with Crippen LogP contribution in [0.4, 0.5) is 11.4 Å². The Morgan fingerprint density at radius 1 is 1.08 bits per heavy atom. The van der Waals surface area contributed by atoms with Crippen LogP contribution in [0, 0.1) is 6.92 Å². The highest BCUT2D eigenvalue weighted by atomic mass is 15.2. The molecule has 2 N–H and O–H groups in total. The summed E-state index contributed by atoms with van der Waals surface area (Å²) >= 11 is 0. The van der Waals surface area contributed by atoms with Crippen LogP contribution >= 0.6 is 0 Å². The third kappa shape index (κ3) is 5.28. The number of hydrogen-bond donors (Lipinski definition) is 2. The summed E-state index contributed by atoms with van der Waals surface area (Å²) in [6, 6.07) is 14.1. The molecule has 1 aromatic heterocycles. The Morgan fingerprint density at radius 3 is 2.44 bits per heavy atom. The first-order valence-corrected chi connectivity index (χ1v) is 9.36. The number of pyridine rings is 1. The molecule has 4 nitrogen and oxygen atoms in total. The number of rotatable bonds is 6. The number of nitrogens with zero attached hydrogens (tertiary/aromatic N) is 2. The van der Waals surface area contributed by atoms with Crippen molar-refractivity contribution in [2.75, 3.05) is 18.4 Å². The largest absolute Gasteiger partial charge is 0.355 e. The van der Waals surface area contributed by atoms with Crippen molar-refractivity contribution in [2.45, 2.75) is 52.2 Å². The number of hydrogen-bond acceptors (Lipinski definition) is 4. The van der Waals surface area contributed by atoms with Crippen LogP contribution in [0.2, 0.25) is 0 Å². The minimum absolute atomic E-state index is 0.646. The lowest BCUT2D eigenvalue weighted by Crippen LogP contribution is -2.44. The fraction of sp³-hybridized carbons (Fsp3) is 0.476. The Hall–Kier alpha value is -1.91. The molecule has 1 aromatic carbocycles. The van der Waals surface area contributed by atoms with E-state index in [0.717, 1.165) is 23.6 Å². The normalized spacial score (nSPS) is 16.3. The highest BCUT2D eigenvalue weighted by molar-refractivity contribution is 5.59. The van der Waals surface area contributed by atoms with Crippen molar-refractivity contribution < 1.29 is 0 Å². The molecule has 0 amide bonds. The quantitative estimate of drug-likeness (QED) is 0.832. The van der Waals surface area contributed by atoms with Crippen LogP contribution in [-0.4, -0.2) is 35.1 Å². The van der Waals surface area contributed by atoms with Crippen LogP contribution in [-0.2, 0) is 6.54 Å². The minimum Gasteiger partial charge on any atom is -0.355 e. The molecule has 134 valence electrons. The van der Waals surface area contributed by atoms with Crippen LogP contribution in [0.25, 0.3) is 0 Å². The SMILES string of the molecule is Cc1cc(Nc2ccc(CNC3CCN(C(C)C)CC3)cc2)ccn1. The number of benzene rings is 1. The van der Waals surface area contributed by atoms with E-state index in [2.05, 4.69) is 64.7 Å². The van der Waals surface area contributed by atoms with Crippen molar-refractivity contribution in [3.8, 4) is 0 Å². The summed E-state index contributed by atoms with van der Waals surface area (Å²) in [4.78, 5) is 6.80. The van der Waals surface area contributed by atoms with Crippen molar-refractivity contribution in [1.29, 1.82) is 0 Å². The van der Waals surface area contributed by atoms with Gasteiger partial charge in [0.15, 0.2) is 0 Å². The molecule has 0 saturated carbocycles. The predicted octanol–water partition coefficient (Wildman–Crippen LogP) is 4.10. The summed E-state index contributed by atoms with van der Waals surface area (Å²) in [7, 11) is 0. The summed E-state index contributed by atoms with van der Waals surface area (Å²) < 4.78 is 0. The molecule has 0 radical (unpaired) electrons. The van der Waals surface area contributed by atoms with E-state index >= 15 is 0 Å². The summed E-state index contributed by atoms with van der Waals surface area (Å²) in [6.45, 7) is 9.95. The Kier molecular flexibility index (Phi) is 6.05. The summed E-state index contributed by atoms with van der Waals surface area (Å²) in [6.07, 6.45) is 4.33. The van der Waals surface area contributed by atoms with Gasteiger partial charge in [-0.3, -0.25) is 4.98 Å². The molecule has 1 aliphatic heterocycles. The Bertz CT molecular complexity index is 658. The molecule has 1 saturated heterocycles. The van der Waals surface area contributed by atoms with Crippen molar-refractivity contribution in [3.05, 3.63) is 53.9 Å². The van der Waals surface area contributed by atoms with Crippen LogP contribution in [0.3, 0.4) is 0 Å². The summed E-state index contributed by atoms with van der Waals surface area (Å²) in [5.41, 5.74) is 4.55. The van der Waals surface area contributed by atoms with E-state index < -0.39 is 0 Å². The Labute approximate surface area is 151 Å².